The fraction of sp³-hybridized carbons (Fsp3) is 0.562. The van der Waals surface area contributed by atoms with Gasteiger partial charge in [-0.25, -0.2) is 0 Å². The number of hydrogen-bond acceptors (Lipinski definition) is 3. The molecule has 0 unspecified atom stereocenters. The summed E-state index contributed by atoms with van der Waals surface area (Å²) in [5.74, 6) is 1.31. The van der Waals surface area contributed by atoms with Crippen molar-refractivity contribution < 1.29 is 9.53 Å². The lowest BCUT2D eigenvalue weighted by molar-refractivity contribution is 0.0937. The second-order valence-corrected chi connectivity index (χ2v) is 6.29. The van der Waals surface area contributed by atoms with E-state index in [0.29, 0.717) is 11.5 Å². The van der Waals surface area contributed by atoms with Crippen LogP contribution in [0, 0.1) is 5.92 Å². The lowest BCUT2D eigenvalue weighted by atomic mass is 9.97. The lowest BCUT2D eigenvalue weighted by Crippen LogP contribution is -2.38. The number of likely N-dealkylation sites (tertiary alicyclic amines) is 1. The number of carbonyl (C=O) groups is 1. The van der Waals surface area contributed by atoms with Gasteiger partial charge in [0, 0.05) is 12.1 Å². The highest BCUT2D eigenvalue weighted by Gasteiger charge is 2.19. The number of benzene rings is 1. The molecule has 2 rings (SSSR count). The molecule has 1 aromatic rings. The molecule has 0 aromatic heterocycles. The number of hydrogen-bond donors (Lipinski definition) is 1. The zero-order valence-electron chi connectivity index (χ0n) is 12.7. The summed E-state index contributed by atoms with van der Waals surface area (Å²) in [6.07, 6.45) is 2.33. The Morgan fingerprint density at radius 2 is 2.14 bits per heavy atom. The van der Waals surface area contributed by atoms with Gasteiger partial charge < -0.3 is 15.0 Å². The SMILES string of the molecule is CCN1CCC(CNC(=O)c2ccc(OC)c(Br)c2)CC1. The highest BCUT2D eigenvalue weighted by molar-refractivity contribution is 9.10. The van der Waals surface area contributed by atoms with Crippen LogP contribution in [-0.2, 0) is 0 Å². The van der Waals surface area contributed by atoms with Crippen LogP contribution in [0.25, 0.3) is 0 Å². The first-order valence-corrected chi connectivity index (χ1v) is 8.27. The van der Waals surface area contributed by atoms with Gasteiger partial charge in [-0.05, 0) is 72.5 Å². The van der Waals surface area contributed by atoms with E-state index in [-0.39, 0.29) is 5.91 Å². The van der Waals surface area contributed by atoms with Crippen molar-refractivity contribution in [3.05, 3.63) is 28.2 Å². The molecule has 1 aliphatic heterocycles. The van der Waals surface area contributed by atoms with Crippen LogP contribution in [-0.4, -0.2) is 44.1 Å². The predicted molar refractivity (Wildman–Crippen MR) is 87.9 cm³/mol. The van der Waals surface area contributed by atoms with E-state index in [2.05, 4.69) is 33.1 Å². The van der Waals surface area contributed by atoms with Gasteiger partial charge in [0.2, 0.25) is 0 Å². The maximum absolute atomic E-state index is 12.2. The maximum Gasteiger partial charge on any atom is 0.251 e. The number of methoxy groups -OCH3 is 1. The number of halogens is 1. The Morgan fingerprint density at radius 3 is 2.71 bits per heavy atom. The Kier molecular flexibility index (Phi) is 6.06. The molecule has 0 spiro atoms. The van der Waals surface area contributed by atoms with Gasteiger partial charge in [-0.3, -0.25) is 4.79 Å². The van der Waals surface area contributed by atoms with Crippen LogP contribution in [0.3, 0.4) is 0 Å². The number of carbonyl (C=O) groups excluding carboxylic acids is 1. The Hall–Kier alpha value is -1.07. The minimum Gasteiger partial charge on any atom is -0.496 e. The van der Waals surface area contributed by atoms with Crippen molar-refractivity contribution in [1.82, 2.24) is 10.2 Å². The van der Waals surface area contributed by atoms with Gasteiger partial charge >= 0.3 is 0 Å². The smallest absolute Gasteiger partial charge is 0.251 e. The molecular formula is C16H23BrN2O2. The summed E-state index contributed by atoms with van der Waals surface area (Å²) in [4.78, 5) is 14.6. The van der Waals surface area contributed by atoms with E-state index in [1.54, 1.807) is 25.3 Å². The second-order valence-electron chi connectivity index (χ2n) is 5.44. The zero-order valence-corrected chi connectivity index (χ0v) is 14.3. The van der Waals surface area contributed by atoms with Gasteiger partial charge in [-0.1, -0.05) is 6.92 Å². The van der Waals surface area contributed by atoms with Crippen LogP contribution in [0.1, 0.15) is 30.1 Å². The third kappa shape index (κ3) is 4.45. The van der Waals surface area contributed by atoms with Gasteiger partial charge in [-0.15, -0.1) is 0 Å². The Labute approximate surface area is 135 Å². The van der Waals surface area contributed by atoms with E-state index in [1.165, 1.54) is 12.8 Å². The van der Waals surface area contributed by atoms with Crippen molar-refractivity contribution >= 4 is 21.8 Å². The minimum absolute atomic E-state index is 0.0173. The normalized spacial score (nSPS) is 16.7. The molecule has 1 heterocycles. The Balaban J connectivity index is 1.83. The monoisotopic (exact) mass is 354 g/mol. The molecular weight excluding hydrogens is 332 g/mol. The van der Waals surface area contributed by atoms with Crippen LogP contribution in [0.2, 0.25) is 0 Å². The molecule has 0 atom stereocenters. The third-order valence-electron chi connectivity index (χ3n) is 4.12. The van der Waals surface area contributed by atoms with Crippen molar-refractivity contribution in [3.63, 3.8) is 0 Å². The van der Waals surface area contributed by atoms with Crippen LogP contribution < -0.4 is 10.1 Å². The molecule has 1 fully saturated rings. The van der Waals surface area contributed by atoms with Crippen molar-refractivity contribution in [1.29, 1.82) is 0 Å². The summed E-state index contributed by atoms with van der Waals surface area (Å²) in [7, 11) is 1.61. The first kappa shape index (κ1) is 16.3. The average molecular weight is 355 g/mol. The van der Waals surface area contributed by atoms with Gasteiger partial charge in [0.1, 0.15) is 5.75 Å². The lowest BCUT2D eigenvalue weighted by Gasteiger charge is -2.31. The van der Waals surface area contributed by atoms with Crippen LogP contribution in [0.4, 0.5) is 0 Å². The maximum atomic E-state index is 12.2. The van der Waals surface area contributed by atoms with Gasteiger partial charge in [0.05, 0.1) is 11.6 Å². The third-order valence-corrected chi connectivity index (χ3v) is 4.74. The molecule has 1 N–H and O–H groups in total. The quantitative estimate of drug-likeness (QED) is 0.883. The first-order valence-electron chi connectivity index (χ1n) is 7.48. The summed E-state index contributed by atoms with van der Waals surface area (Å²) >= 11 is 3.41. The molecule has 1 aliphatic rings. The summed E-state index contributed by atoms with van der Waals surface area (Å²) in [6.45, 7) is 6.37. The number of piperidine rings is 1. The predicted octanol–water partition coefficient (Wildman–Crippen LogP) is 2.92. The molecule has 0 aliphatic carbocycles. The molecule has 1 aromatic carbocycles. The average Bonchev–Trinajstić information content (AvgIpc) is 2.53. The largest absolute Gasteiger partial charge is 0.496 e. The summed E-state index contributed by atoms with van der Waals surface area (Å²) < 4.78 is 5.97. The summed E-state index contributed by atoms with van der Waals surface area (Å²) in [6, 6.07) is 5.39. The van der Waals surface area contributed by atoms with Crippen molar-refractivity contribution in [2.75, 3.05) is 33.3 Å². The standard InChI is InChI=1S/C16H23BrN2O2/c1-3-19-8-6-12(7-9-19)11-18-16(20)13-4-5-15(21-2)14(17)10-13/h4-5,10,12H,3,6-9,11H2,1-2H3,(H,18,20). The molecule has 4 nitrogen and oxygen atoms in total. The van der Waals surface area contributed by atoms with Crippen molar-refractivity contribution in [3.8, 4) is 5.75 Å². The van der Waals surface area contributed by atoms with Crippen molar-refractivity contribution in [2.24, 2.45) is 5.92 Å². The van der Waals surface area contributed by atoms with Crippen LogP contribution >= 0.6 is 15.9 Å². The molecule has 1 amide bonds. The van der Waals surface area contributed by atoms with E-state index in [9.17, 15) is 4.79 Å². The number of amides is 1. The number of nitrogens with zero attached hydrogens (tertiary/aromatic N) is 1. The Morgan fingerprint density at radius 1 is 1.43 bits per heavy atom. The molecule has 116 valence electrons. The van der Waals surface area contributed by atoms with Crippen LogP contribution in [0.5, 0.6) is 5.75 Å². The van der Waals surface area contributed by atoms with Gasteiger partial charge in [0.25, 0.3) is 5.91 Å². The van der Waals surface area contributed by atoms with E-state index in [4.69, 9.17) is 4.74 Å². The van der Waals surface area contributed by atoms with Crippen molar-refractivity contribution in [2.45, 2.75) is 19.8 Å². The molecule has 0 radical (unpaired) electrons. The molecule has 0 saturated carbocycles. The van der Waals surface area contributed by atoms with E-state index >= 15 is 0 Å². The minimum atomic E-state index is -0.0173. The first-order chi connectivity index (χ1) is 10.1. The fourth-order valence-corrected chi connectivity index (χ4v) is 3.19. The zero-order chi connectivity index (χ0) is 15.2. The van der Waals surface area contributed by atoms with Crippen LogP contribution in [0.15, 0.2) is 22.7 Å². The number of nitrogens with one attached hydrogen (secondary N) is 1. The fourth-order valence-electron chi connectivity index (χ4n) is 2.65. The number of rotatable bonds is 5. The Bertz CT molecular complexity index is 485. The highest BCUT2D eigenvalue weighted by Crippen LogP contribution is 2.25. The molecule has 5 heteroatoms. The highest BCUT2D eigenvalue weighted by atomic mass is 79.9. The molecule has 21 heavy (non-hydrogen) atoms. The van der Waals surface area contributed by atoms with Gasteiger partial charge in [-0.2, -0.15) is 0 Å². The second kappa shape index (κ2) is 7.80. The summed E-state index contributed by atoms with van der Waals surface area (Å²) in [5.41, 5.74) is 0.661. The van der Waals surface area contributed by atoms with Gasteiger partial charge in [0.15, 0.2) is 0 Å². The van der Waals surface area contributed by atoms with E-state index < -0.39 is 0 Å². The topological polar surface area (TPSA) is 41.6 Å². The van der Waals surface area contributed by atoms with E-state index in [1.807, 2.05) is 0 Å². The molecule has 0 bridgehead atoms. The molecule has 1 saturated heterocycles. The number of ether oxygens (including phenoxy) is 1. The van der Waals surface area contributed by atoms with E-state index in [0.717, 1.165) is 36.4 Å². The summed E-state index contributed by atoms with van der Waals surface area (Å²) in [5, 5.41) is 3.05.